The van der Waals surface area contributed by atoms with Crippen molar-refractivity contribution in [3.63, 3.8) is 0 Å². The predicted octanol–water partition coefficient (Wildman–Crippen LogP) is 6.62. The lowest BCUT2D eigenvalue weighted by molar-refractivity contribution is -0.143. The Morgan fingerprint density at radius 2 is 1.69 bits per heavy atom. The highest BCUT2D eigenvalue weighted by atomic mass is 79.9. The number of aromatic nitrogens is 1. The van der Waals surface area contributed by atoms with Gasteiger partial charge in [0.1, 0.15) is 12.4 Å². The van der Waals surface area contributed by atoms with E-state index in [1.54, 1.807) is 38.1 Å². The van der Waals surface area contributed by atoms with Crippen LogP contribution in [0, 0.1) is 0 Å². The summed E-state index contributed by atoms with van der Waals surface area (Å²) in [4.78, 5) is 44.6. The lowest BCUT2D eigenvalue weighted by Crippen LogP contribution is -2.40. The van der Waals surface area contributed by atoms with Gasteiger partial charge in [0.2, 0.25) is 0 Å². The van der Waals surface area contributed by atoms with Gasteiger partial charge in [-0.25, -0.2) is 14.6 Å². The van der Waals surface area contributed by atoms with Gasteiger partial charge in [0.25, 0.3) is 5.56 Å². The molecule has 1 aromatic heterocycles. The summed E-state index contributed by atoms with van der Waals surface area (Å²) in [5.41, 5.74) is 2.47. The number of hydrogen-bond acceptors (Lipinski definition) is 10. The second kappa shape index (κ2) is 16.3. The van der Waals surface area contributed by atoms with Crippen LogP contribution in [0.3, 0.4) is 0 Å². The standard InChI is InChI=1S/C35H31Br3N2O8S/c1-5-45-27-14-21(9-12-26(27)47-18-29(41)44-4)31-30(34(43)46-6-2)19(3)39-35-40(31)33(42)28(49-35)15-22-13-24(37)16-25(38)32(22)48-17-20-7-10-23(36)11-8-20/h7-16,31H,5-6,17-18H2,1-4H3/b28-15+/t31-/m0/s1. The van der Waals surface area contributed by atoms with E-state index >= 15 is 0 Å². The summed E-state index contributed by atoms with van der Waals surface area (Å²) in [6.07, 6.45) is 1.76. The van der Waals surface area contributed by atoms with Gasteiger partial charge in [-0.1, -0.05) is 61.4 Å². The highest BCUT2D eigenvalue weighted by Crippen LogP contribution is 2.37. The van der Waals surface area contributed by atoms with E-state index in [-0.39, 0.29) is 24.3 Å². The van der Waals surface area contributed by atoms with Crippen molar-refractivity contribution >= 4 is 77.1 Å². The molecule has 49 heavy (non-hydrogen) atoms. The number of esters is 2. The van der Waals surface area contributed by atoms with Crippen LogP contribution in [0.15, 0.2) is 89.1 Å². The molecule has 0 saturated carbocycles. The van der Waals surface area contributed by atoms with Crippen molar-refractivity contribution in [2.24, 2.45) is 4.99 Å². The Morgan fingerprint density at radius 1 is 0.939 bits per heavy atom. The Morgan fingerprint density at radius 3 is 2.39 bits per heavy atom. The molecule has 1 aliphatic heterocycles. The zero-order valence-corrected chi connectivity index (χ0v) is 32.5. The van der Waals surface area contributed by atoms with Crippen molar-refractivity contribution in [2.45, 2.75) is 33.4 Å². The van der Waals surface area contributed by atoms with Crippen LogP contribution in [0.2, 0.25) is 0 Å². The maximum atomic E-state index is 14.3. The quantitative estimate of drug-likeness (QED) is 0.146. The van der Waals surface area contributed by atoms with E-state index in [1.807, 2.05) is 43.3 Å². The fourth-order valence-electron chi connectivity index (χ4n) is 5.10. The first-order valence-corrected chi connectivity index (χ1v) is 18.3. The van der Waals surface area contributed by atoms with E-state index in [2.05, 4.69) is 52.8 Å². The number of carbonyl (C=O) groups excluding carboxylic acids is 2. The van der Waals surface area contributed by atoms with Crippen LogP contribution in [-0.4, -0.2) is 43.4 Å². The number of allylic oxidation sites excluding steroid dienone is 1. The lowest BCUT2D eigenvalue weighted by Gasteiger charge is -2.25. The minimum Gasteiger partial charge on any atom is -0.490 e. The van der Waals surface area contributed by atoms with Crippen molar-refractivity contribution in [3.8, 4) is 17.2 Å². The first-order valence-electron chi connectivity index (χ1n) is 15.1. The molecule has 10 nitrogen and oxygen atoms in total. The van der Waals surface area contributed by atoms with Gasteiger partial charge in [0.05, 0.1) is 46.6 Å². The molecule has 0 aliphatic carbocycles. The summed E-state index contributed by atoms with van der Waals surface area (Å²) in [6, 6.07) is 15.7. The number of benzene rings is 3. The van der Waals surface area contributed by atoms with E-state index in [0.717, 1.165) is 14.5 Å². The van der Waals surface area contributed by atoms with Gasteiger partial charge in [-0.15, -0.1) is 0 Å². The van der Waals surface area contributed by atoms with E-state index in [0.29, 0.717) is 61.1 Å². The summed E-state index contributed by atoms with van der Waals surface area (Å²) in [5, 5.41) is 0. The van der Waals surface area contributed by atoms with Gasteiger partial charge in [-0.2, -0.15) is 0 Å². The SMILES string of the molecule is CCOC(=O)C1=C(C)N=c2s/c(=C/c3cc(Br)cc(Br)c3OCc3ccc(Br)cc3)c(=O)n2[C@H]1c1ccc(OCC(=O)OC)c(OCC)c1. The highest BCUT2D eigenvalue weighted by molar-refractivity contribution is 9.11. The average molecular weight is 879 g/mol. The largest absolute Gasteiger partial charge is 0.490 e. The molecule has 0 unspecified atom stereocenters. The molecule has 1 atom stereocenters. The van der Waals surface area contributed by atoms with Crippen molar-refractivity contribution in [1.29, 1.82) is 0 Å². The van der Waals surface area contributed by atoms with Gasteiger partial charge in [-0.05, 0) is 90.3 Å². The molecular formula is C35H31Br3N2O8S. The number of halogens is 3. The number of nitrogens with zero attached hydrogens (tertiary/aromatic N) is 2. The molecule has 2 heterocycles. The van der Waals surface area contributed by atoms with E-state index in [4.69, 9.17) is 23.7 Å². The summed E-state index contributed by atoms with van der Waals surface area (Å²) < 4.78 is 32.2. The Balaban J connectivity index is 1.64. The molecule has 5 rings (SSSR count). The summed E-state index contributed by atoms with van der Waals surface area (Å²) >= 11 is 11.8. The molecule has 14 heteroatoms. The Labute approximate surface area is 311 Å². The molecular weight excluding hydrogens is 848 g/mol. The van der Waals surface area contributed by atoms with Gasteiger partial charge < -0.3 is 23.7 Å². The van der Waals surface area contributed by atoms with Gasteiger partial charge in [0.15, 0.2) is 22.9 Å². The van der Waals surface area contributed by atoms with Crippen molar-refractivity contribution < 1.29 is 33.3 Å². The Bertz CT molecular complexity index is 2110. The topological polar surface area (TPSA) is 115 Å². The zero-order valence-electron chi connectivity index (χ0n) is 26.9. The third-order valence-corrected chi connectivity index (χ3v) is 9.85. The maximum absolute atomic E-state index is 14.3. The molecule has 256 valence electrons. The number of rotatable bonds is 12. The molecule has 0 spiro atoms. The molecule has 0 N–H and O–H groups in total. The molecule has 0 saturated heterocycles. The average Bonchev–Trinajstić information content (AvgIpc) is 3.37. The van der Waals surface area contributed by atoms with Crippen LogP contribution in [-0.2, 0) is 25.7 Å². The first-order chi connectivity index (χ1) is 23.5. The van der Waals surface area contributed by atoms with Crippen LogP contribution in [0.5, 0.6) is 17.2 Å². The molecule has 0 fully saturated rings. The number of hydrogen-bond donors (Lipinski definition) is 0. The van der Waals surface area contributed by atoms with Crippen LogP contribution in [0.4, 0.5) is 0 Å². The van der Waals surface area contributed by atoms with Crippen molar-refractivity contribution in [2.75, 3.05) is 26.9 Å². The zero-order chi connectivity index (χ0) is 35.2. The number of thiazole rings is 1. The minimum atomic E-state index is -0.895. The number of carbonyl (C=O) groups is 2. The molecule has 4 aromatic rings. The Hall–Kier alpha value is -3.72. The van der Waals surface area contributed by atoms with E-state index in [1.165, 1.54) is 23.0 Å². The molecule has 3 aromatic carbocycles. The summed E-state index contributed by atoms with van der Waals surface area (Å²) in [5.74, 6) is 0.0432. The molecule has 0 amide bonds. The van der Waals surface area contributed by atoms with Crippen molar-refractivity contribution in [3.05, 3.63) is 116 Å². The van der Waals surface area contributed by atoms with E-state index < -0.39 is 18.0 Å². The fourth-order valence-corrected chi connectivity index (χ4v) is 7.78. The normalized spacial score (nSPS) is 14.2. The maximum Gasteiger partial charge on any atom is 0.343 e. The summed E-state index contributed by atoms with van der Waals surface area (Å²) in [7, 11) is 1.27. The highest BCUT2D eigenvalue weighted by Gasteiger charge is 2.34. The molecule has 0 radical (unpaired) electrons. The number of methoxy groups -OCH3 is 1. The predicted molar refractivity (Wildman–Crippen MR) is 196 cm³/mol. The third-order valence-electron chi connectivity index (χ3n) is 7.29. The number of ether oxygens (including phenoxy) is 5. The lowest BCUT2D eigenvalue weighted by atomic mass is 9.95. The first kappa shape index (κ1) is 36.6. The van der Waals surface area contributed by atoms with Gasteiger partial charge in [0, 0.05) is 14.5 Å². The second-order valence-corrected chi connectivity index (χ2v) is 14.2. The smallest absolute Gasteiger partial charge is 0.343 e. The van der Waals surface area contributed by atoms with E-state index in [9.17, 15) is 14.4 Å². The number of fused-ring (bicyclic) bond motifs is 1. The summed E-state index contributed by atoms with van der Waals surface area (Å²) in [6.45, 7) is 5.66. The Kier molecular flexibility index (Phi) is 12.2. The monoisotopic (exact) mass is 876 g/mol. The fraction of sp³-hybridized carbons (Fsp3) is 0.257. The molecule has 0 bridgehead atoms. The van der Waals surface area contributed by atoms with Gasteiger partial charge >= 0.3 is 11.9 Å². The molecule has 1 aliphatic rings. The van der Waals surface area contributed by atoms with Crippen LogP contribution in [0.25, 0.3) is 6.08 Å². The second-order valence-electron chi connectivity index (χ2n) is 10.5. The third kappa shape index (κ3) is 8.36. The van der Waals surface area contributed by atoms with Crippen LogP contribution >= 0.6 is 59.1 Å². The minimum absolute atomic E-state index is 0.137. The van der Waals surface area contributed by atoms with Crippen LogP contribution < -0.4 is 29.1 Å². The van der Waals surface area contributed by atoms with Crippen LogP contribution in [0.1, 0.15) is 43.5 Å². The van der Waals surface area contributed by atoms with Gasteiger partial charge in [-0.3, -0.25) is 9.36 Å². The van der Waals surface area contributed by atoms with Crippen molar-refractivity contribution in [1.82, 2.24) is 4.57 Å².